The normalized spacial score (nSPS) is 38.2. The van der Waals surface area contributed by atoms with Gasteiger partial charge in [-0.1, -0.05) is 0 Å². The SMILES string of the molecule is OCC1CC(O)[CH]O1. The summed E-state index contributed by atoms with van der Waals surface area (Å²) >= 11 is 0. The van der Waals surface area contributed by atoms with Crippen molar-refractivity contribution in [2.45, 2.75) is 18.6 Å². The third kappa shape index (κ3) is 1.18. The Morgan fingerprint density at radius 3 is 2.75 bits per heavy atom. The lowest BCUT2D eigenvalue weighted by Crippen LogP contribution is -2.10. The molecule has 2 atom stereocenters. The molecule has 2 unspecified atom stereocenters. The average Bonchev–Trinajstić information content (AvgIpc) is 2.14. The van der Waals surface area contributed by atoms with E-state index in [2.05, 4.69) is 0 Å². The first-order valence-electron chi connectivity index (χ1n) is 2.60. The fourth-order valence-corrected chi connectivity index (χ4v) is 0.700. The van der Waals surface area contributed by atoms with Gasteiger partial charge in [0.2, 0.25) is 0 Å². The van der Waals surface area contributed by atoms with Crippen LogP contribution >= 0.6 is 0 Å². The monoisotopic (exact) mass is 117 g/mol. The van der Waals surface area contributed by atoms with Gasteiger partial charge in [-0.3, -0.25) is 0 Å². The highest BCUT2D eigenvalue weighted by molar-refractivity contribution is 4.79. The van der Waals surface area contributed by atoms with Crippen molar-refractivity contribution in [1.82, 2.24) is 0 Å². The Labute approximate surface area is 47.9 Å². The zero-order chi connectivity index (χ0) is 5.98. The van der Waals surface area contributed by atoms with Gasteiger partial charge >= 0.3 is 0 Å². The van der Waals surface area contributed by atoms with Gasteiger partial charge in [-0.25, -0.2) is 0 Å². The first-order chi connectivity index (χ1) is 3.83. The Kier molecular flexibility index (Phi) is 1.83. The van der Waals surface area contributed by atoms with Gasteiger partial charge in [0.1, 0.15) is 6.61 Å². The number of hydrogen-bond acceptors (Lipinski definition) is 3. The summed E-state index contributed by atoms with van der Waals surface area (Å²) in [5.74, 6) is 0. The molecule has 2 N–H and O–H groups in total. The van der Waals surface area contributed by atoms with Gasteiger partial charge in [-0.15, -0.1) is 0 Å². The number of hydrogen-bond donors (Lipinski definition) is 2. The van der Waals surface area contributed by atoms with Crippen molar-refractivity contribution in [1.29, 1.82) is 0 Å². The quantitative estimate of drug-likeness (QED) is 0.477. The minimum Gasteiger partial charge on any atom is -0.394 e. The molecule has 0 amide bonds. The van der Waals surface area contributed by atoms with Gasteiger partial charge < -0.3 is 14.9 Å². The number of aliphatic hydroxyl groups is 2. The molecule has 1 saturated heterocycles. The molecule has 3 nitrogen and oxygen atoms in total. The van der Waals surface area contributed by atoms with Crippen molar-refractivity contribution in [2.75, 3.05) is 6.61 Å². The Bertz CT molecular complexity index is 74.1. The van der Waals surface area contributed by atoms with E-state index in [1.54, 1.807) is 0 Å². The van der Waals surface area contributed by atoms with Crippen LogP contribution in [0.2, 0.25) is 0 Å². The van der Waals surface area contributed by atoms with Crippen LogP contribution in [0.5, 0.6) is 0 Å². The standard InChI is InChI=1S/C5H9O3/c6-2-5-1-4(7)3-8-5/h3-7H,1-2H2. The van der Waals surface area contributed by atoms with Crippen LogP contribution < -0.4 is 0 Å². The van der Waals surface area contributed by atoms with E-state index in [0.717, 1.165) is 0 Å². The molecule has 0 spiro atoms. The Balaban J connectivity index is 2.22. The zero-order valence-electron chi connectivity index (χ0n) is 4.45. The van der Waals surface area contributed by atoms with E-state index >= 15 is 0 Å². The van der Waals surface area contributed by atoms with Crippen LogP contribution in [0.15, 0.2) is 0 Å². The van der Waals surface area contributed by atoms with E-state index in [1.807, 2.05) is 0 Å². The van der Waals surface area contributed by atoms with Crippen molar-refractivity contribution in [3.63, 3.8) is 0 Å². The molecule has 0 aliphatic carbocycles. The molecule has 1 rings (SSSR count). The molecule has 1 fully saturated rings. The van der Waals surface area contributed by atoms with Crippen LogP contribution in [0.1, 0.15) is 6.42 Å². The summed E-state index contributed by atoms with van der Waals surface area (Å²) < 4.78 is 4.79. The summed E-state index contributed by atoms with van der Waals surface area (Å²) in [5.41, 5.74) is 0. The average molecular weight is 117 g/mol. The number of aliphatic hydroxyl groups excluding tert-OH is 2. The number of rotatable bonds is 1. The van der Waals surface area contributed by atoms with E-state index in [1.165, 1.54) is 6.61 Å². The van der Waals surface area contributed by atoms with Crippen molar-refractivity contribution in [3.8, 4) is 0 Å². The van der Waals surface area contributed by atoms with Crippen LogP contribution in [-0.2, 0) is 4.74 Å². The van der Waals surface area contributed by atoms with Crippen LogP contribution in [0.3, 0.4) is 0 Å². The molecule has 1 radical (unpaired) electrons. The largest absolute Gasteiger partial charge is 0.394 e. The van der Waals surface area contributed by atoms with Crippen molar-refractivity contribution >= 4 is 0 Å². The predicted molar refractivity (Wildman–Crippen MR) is 26.9 cm³/mol. The third-order valence-corrected chi connectivity index (χ3v) is 1.14. The summed E-state index contributed by atoms with van der Waals surface area (Å²) in [6.45, 7) is 1.34. The van der Waals surface area contributed by atoms with Crippen LogP contribution in [0.4, 0.5) is 0 Å². The van der Waals surface area contributed by atoms with Gasteiger partial charge in [0.25, 0.3) is 0 Å². The maximum Gasteiger partial charge on any atom is 0.113 e. The molecule has 0 aromatic rings. The maximum absolute atomic E-state index is 8.74. The van der Waals surface area contributed by atoms with Crippen molar-refractivity contribution < 1.29 is 14.9 Å². The third-order valence-electron chi connectivity index (χ3n) is 1.14. The summed E-state index contributed by atoms with van der Waals surface area (Å²) in [7, 11) is 0. The molecule has 1 aliphatic heterocycles. The smallest absolute Gasteiger partial charge is 0.113 e. The van der Waals surface area contributed by atoms with Gasteiger partial charge in [-0.2, -0.15) is 0 Å². The lowest BCUT2D eigenvalue weighted by Gasteiger charge is -2.00. The summed E-state index contributed by atoms with van der Waals surface area (Å²) in [4.78, 5) is 0. The zero-order valence-corrected chi connectivity index (χ0v) is 4.45. The lowest BCUT2D eigenvalue weighted by molar-refractivity contribution is 0.0860. The highest BCUT2D eigenvalue weighted by Crippen LogP contribution is 2.15. The van der Waals surface area contributed by atoms with E-state index < -0.39 is 6.10 Å². The Hall–Kier alpha value is -0.120. The summed E-state index contributed by atoms with van der Waals surface area (Å²) in [6, 6.07) is 0. The minimum absolute atomic E-state index is 0.00639. The lowest BCUT2D eigenvalue weighted by atomic mass is 10.2. The van der Waals surface area contributed by atoms with Gasteiger partial charge in [0, 0.05) is 6.42 Å². The summed E-state index contributed by atoms with van der Waals surface area (Å²) in [5, 5.41) is 17.2. The fraction of sp³-hybridized carbons (Fsp3) is 0.800. The highest BCUT2D eigenvalue weighted by atomic mass is 16.5. The minimum atomic E-state index is -0.479. The fourth-order valence-electron chi connectivity index (χ4n) is 0.700. The van der Waals surface area contributed by atoms with Gasteiger partial charge in [0.15, 0.2) is 0 Å². The van der Waals surface area contributed by atoms with Crippen LogP contribution in [0.25, 0.3) is 0 Å². The predicted octanol–water partition coefficient (Wildman–Crippen LogP) is -0.710. The molecule has 0 aromatic heterocycles. The summed E-state index contributed by atoms with van der Waals surface area (Å²) in [6.07, 6.45) is -0.131. The van der Waals surface area contributed by atoms with E-state index in [0.29, 0.717) is 6.42 Å². The highest BCUT2D eigenvalue weighted by Gasteiger charge is 2.22. The van der Waals surface area contributed by atoms with Gasteiger partial charge in [0.05, 0.1) is 18.8 Å². The molecular weight excluding hydrogens is 108 g/mol. The van der Waals surface area contributed by atoms with Crippen molar-refractivity contribution in [3.05, 3.63) is 6.61 Å². The van der Waals surface area contributed by atoms with E-state index in [4.69, 9.17) is 14.9 Å². The topological polar surface area (TPSA) is 49.7 Å². The Morgan fingerprint density at radius 1 is 1.75 bits per heavy atom. The second-order valence-corrected chi connectivity index (χ2v) is 1.88. The maximum atomic E-state index is 8.74. The molecule has 3 heteroatoms. The first-order valence-corrected chi connectivity index (χ1v) is 2.60. The molecule has 0 bridgehead atoms. The Morgan fingerprint density at radius 2 is 2.50 bits per heavy atom. The first kappa shape index (κ1) is 6.01. The van der Waals surface area contributed by atoms with Crippen LogP contribution in [0, 0.1) is 6.61 Å². The van der Waals surface area contributed by atoms with Crippen molar-refractivity contribution in [2.24, 2.45) is 0 Å². The molecule has 0 aromatic carbocycles. The van der Waals surface area contributed by atoms with E-state index in [9.17, 15) is 0 Å². The van der Waals surface area contributed by atoms with Crippen LogP contribution in [-0.4, -0.2) is 29.0 Å². The molecular formula is C5H9O3. The molecule has 8 heavy (non-hydrogen) atoms. The molecule has 1 aliphatic rings. The molecule has 47 valence electrons. The second-order valence-electron chi connectivity index (χ2n) is 1.88. The molecule has 1 heterocycles. The molecule has 0 saturated carbocycles. The van der Waals surface area contributed by atoms with E-state index in [-0.39, 0.29) is 12.7 Å². The van der Waals surface area contributed by atoms with Gasteiger partial charge in [-0.05, 0) is 0 Å². The second kappa shape index (κ2) is 2.44. The number of ether oxygens (including phenoxy) is 1.